The highest BCUT2D eigenvalue weighted by Gasteiger charge is 2.19. The molecule has 0 spiro atoms. The molecule has 0 amide bonds. The molecule has 158 valence electrons. The monoisotopic (exact) mass is 417 g/mol. The Bertz CT molecular complexity index is 1250. The van der Waals surface area contributed by atoms with Crippen molar-refractivity contribution in [2.75, 3.05) is 25.5 Å². The van der Waals surface area contributed by atoms with Crippen LogP contribution in [-0.2, 0) is 11.8 Å². The Hall–Kier alpha value is -3.72. The number of ether oxygens (including phenoxy) is 1. The van der Waals surface area contributed by atoms with E-state index in [0.717, 1.165) is 47.8 Å². The first-order chi connectivity index (χ1) is 15.1. The summed E-state index contributed by atoms with van der Waals surface area (Å²) in [7, 11) is 3.21. The second-order valence-corrected chi connectivity index (χ2v) is 7.61. The number of aromatic nitrogens is 5. The number of hydrogen-bond acceptors (Lipinski definition) is 7. The Labute approximate surface area is 179 Å². The fourth-order valence-corrected chi connectivity index (χ4v) is 3.93. The van der Waals surface area contributed by atoms with Gasteiger partial charge in [-0.2, -0.15) is 5.10 Å². The van der Waals surface area contributed by atoms with Gasteiger partial charge in [-0.3, -0.25) is 9.08 Å². The summed E-state index contributed by atoms with van der Waals surface area (Å²) >= 11 is 0. The van der Waals surface area contributed by atoms with E-state index in [1.807, 2.05) is 42.0 Å². The highest BCUT2D eigenvalue weighted by Crippen LogP contribution is 2.29. The molecule has 1 aliphatic heterocycles. The van der Waals surface area contributed by atoms with Crippen LogP contribution in [0.3, 0.4) is 0 Å². The smallest absolute Gasteiger partial charge is 0.338 e. The van der Waals surface area contributed by atoms with Crippen molar-refractivity contribution in [3.05, 3.63) is 54.6 Å². The molecular weight excluding hydrogens is 394 g/mol. The number of carbonyl (C=O) groups excluding carboxylic acids is 1. The van der Waals surface area contributed by atoms with Crippen LogP contribution in [0.25, 0.3) is 28.2 Å². The maximum absolute atomic E-state index is 12.4. The summed E-state index contributed by atoms with van der Waals surface area (Å²) in [6, 6.07) is 8.03. The van der Waals surface area contributed by atoms with Crippen molar-refractivity contribution in [2.45, 2.75) is 12.5 Å². The minimum Gasteiger partial charge on any atom is -0.465 e. The quantitative estimate of drug-likeness (QED) is 0.481. The number of nitrogens with zero attached hydrogens (tertiary/aromatic N) is 5. The summed E-state index contributed by atoms with van der Waals surface area (Å²) in [6.07, 6.45) is 8.33. The summed E-state index contributed by atoms with van der Waals surface area (Å²) in [4.78, 5) is 21.7. The molecule has 2 N–H and O–H groups in total. The van der Waals surface area contributed by atoms with E-state index in [4.69, 9.17) is 9.72 Å². The van der Waals surface area contributed by atoms with Crippen molar-refractivity contribution in [1.82, 2.24) is 29.5 Å². The number of imidazole rings is 1. The Kier molecular flexibility index (Phi) is 4.87. The zero-order valence-corrected chi connectivity index (χ0v) is 17.4. The van der Waals surface area contributed by atoms with E-state index < -0.39 is 5.97 Å². The molecule has 1 aliphatic rings. The van der Waals surface area contributed by atoms with Gasteiger partial charge in [0.2, 0.25) is 0 Å². The van der Waals surface area contributed by atoms with Gasteiger partial charge in [-0.25, -0.2) is 14.8 Å². The van der Waals surface area contributed by atoms with Gasteiger partial charge in [0.1, 0.15) is 11.5 Å². The predicted octanol–water partition coefficient (Wildman–Crippen LogP) is 2.36. The van der Waals surface area contributed by atoms with Gasteiger partial charge in [-0.15, -0.1) is 0 Å². The van der Waals surface area contributed by atoms with Crippen molar-refractivity contribution in [1.29, 1.82) is 0 Å². The van der Waals surface area contributed by atoms with Gasteiger partial charge in [-0.1, -0.05) is 6.07 Å². The maximum atomic E-state index is 12.4. The number of rotatable bonds is 5. The predicted molar refractivity (Wildman–Crippen MR) is 117 cm³/mol. The van der Waals surface area contributed by atoms with Gasteiger partial charge in [0.05, 0.1) is 36.5 Å². The van der Waals surface area contributed by atoms with E-state index in [1.54, 1.807) is 23.1 Å². The van der Waals surface area contributed by atoms with E-state index in [2.05, 4.69) is 20.7 Å². The number of fused-ring (bicyclic) bond motifs is 1. The lowest BCUT2D eigenvalue weighted by Crippen LogP contribution is -2.22. The van der Waals surface area contributed by atoms with Gasteiger partial charge in [-0.05, 0) is 31.2 Å². The summed E-state index contributed by atoms with van der Waals surface area (Å²) in [5.74, 6) is 0.417. The third kappa shape index (κ3) is 3.64. The second kappa shape index (κ2) is 7.84. The van der Waals surface area contributed by atoms with Gasteiger partial charge < -0.3 is 15.4 Å². The summed E-state index contributed by atoms with van der Waals surface area (Å²) in [5, 5.41) is 11.1. The number of esters is 1. The van der Waals surface area contributed by atoms with Crippen LogP contribution in [0.1, 0.15) is 16.8 Å². The molecule has 1 atom stereocenters. The molecule has 0 aliphatic carbocycles. The summed E-state index contributed by atoms with van der Waals surface area (Å²) < 4.78 is 8.64. The molecule has 0 saturated carbocycles. The van der Waals surface area contributed by atoms with E-state index in [9.17, 15) is 4.79 Å². The molecule has 5 rings (SSSR count). The van der Waals surface area contributed by atoms with Crippen LogP contribution in [-0.4, -0.2) is 56.4 Å². The van der Waals surface area contributed by atoms with E-state index in [1.165, 1.54) is 7.11 Å². The van der Waals surface area contributed by atoms with Crippen LogP contribution in [0, 0.1) is 0 Å². The van der Waals surface area contributed by atoms with Crippen molar-refractivity contribution >= 4 is 17.4 Å². The molecule has 0 radical (unpaired) electrons. The van der Waals surface area contributed by atoms with Crippen LogP contribution in [0.5, 0.6) is 0 Å². The summed E-state index contributed by atoms with van der Waals surface area (Å²) in [5.41, 5.74) is 4.26. The normalized spacial score (nSPS) is 16.0. The number of methoxy groups -OCH3 is 1. The molecule has 1 unspecified atom stereocenters. The number of aryl methyl sites for hydroxylation is 1. The molecule has 0 aromatic carbocycles. The molecule has 4 aromatic heterocycles. The van der Waals surface area contributed by atoms with Crippen LogP contribution < -0.4 is 10.6 Å². The van der Waals surface area contributed by atoms with Crippen LogP contribution in [0.4, 0.5) is 5.82 Å². The van der Waals surface area contributed by atoms with E-state index in [0.29, 0.717) is 17.3 Å². The minimum atomic E-state index is -0.416. The van der Waals surface area contributed by atoms with Gasteiger partial charge in [0.15, 0.2) is 0 Å². The maximum Gasteiger partial charge on any atom is 0.338 e. The van der Waals surface area contributed by atoms with E-state index in [-0.39, 0.29) is 0 Å². The first-order valence-corrected chi connectivity index (χ1v) is 10.2. The Morgan fingerprint density at radius 3 is 2.94 bits per heavy atom. The lowest BCUT2D eigenvalue weighted by atomic mass is 10.1. The minimum absolute atomic E-state index is 0.379. The number of carbonyl (C=O) groups is 1. The van der Waals surface area contributed by atoms with Gasteiger partial charge in [0.25, 0.3) is 0 Å². The highest BCUT2D eigenvalue weighted by atomic mass is 16.5. The average Bonchev–Trinajstić information content (AvgIpc) is 3.53. The molecule has 9 heteroatoms. The van der Waals surface area contributed by atoms with Crippen molar-refractivity contribution in [3.8, 4) is 22.5 Å². The van der Waals surface area contributed by atoms with Crippen LogP contribution in [0.15, 0.2) is 49.1 Å². The van der Waals surface area contributed by atoms with E-state index >= 15 is 0 Å². The first kappa shape index (κ1) is 19.3. The Morgan fingerprint density at radius 2 is 2.19 bits per heavy atom. The second-order valence-electron chi connectivity index (χ2n) is 7.61. The number of pyridine rings is 2. The molecule has 0 bridgehead atoms. The van der Waals surface area contributed by atoms with Crippen LogP contribution in [0.2, 0.25) is 0 Å². The molecule has 5 heterocycles. The number of nitrogens with one attached hydrogen (secondary N) is 2. The van der Waals surface area contributed by atoms with Crippen LogP contribution >= 0.6 is 0 Å². The zero-order chi connectivity index (χ0) is 21.4. The Balaban J connectivity index is 1.60. The zero-order valence-electron chi connectivity index (χ0n) is 17.4. The largest absolute Gasteiger partial charge is 0.465 e. The molecule has 4 aromatic rings. The number of hydrogen-bond donors (Lipinski definition) is 2. The third-order valence-corrected chi connectivity index (χ3v) is 5.49. The van der Waals surface area contributed by atoms with Gasteiger partial charge >= 0.3 is 5.97 Å². The lowest BCUT2D eigenvalue weighted by Gasteiger charge is -2.13. The fourth-order valence-electron chi connectivity index (χ4n) is 3.93. The highest BCUT2D eigenvalue weighted by molar-refractivity contribution is 5.98. The SMILES string of the molecule is COC(=O)c1cc2ncc(-c3cccc(NC4CCNC4)n3)n2cc1-c1cnn(C)c1. The van der Waals surface area contributed by atoms with Gasteiger partial charge in [0, 0.05) is 43.2 Å². The topological polar surface area (TPSA) is 98.4 Å². The standard InChI is InChI=1S/C22H23N7O2/c1-28-12-14(9-25-28)17-13-29-19(11-24-21(29)8-16(17)22(30)31-2)18-4-3-5-20(27-18)26-15-6-7-23-10-15/h3-5,8-9,11-13,15,23H,6-7,10H2,1-2H3,(H,26,27). The average molecular weight is 417 g/mol. The molecular formula is C22H23N7O2. The lowest BCUT2D eigenvalue weighted by molar-refractivity contribution is 0.0601. The summed E-state index contributed by atoms with van der Waals surface area (Å²) in [6.45, 7) is 1.95. The Morgan fingerprint density at radius 1 is 1.29 bits per heavy atom. The first-order valence-electron chi connectivity index (χ1n) is 10.2. The molecule has 1 fully saturated rings. The number of anilines is 1. The molecule has 1 saturated heterocycles. The van der Waals surface area contributed by atoms with Crippen molar-refractivity contribution in [2.24, 2.45) is 7.05 Å². The van der Waals surface area contributed by atoms with Crippen molar-refractivity contribution < 1.29 is 9.53 Å². The molecule has 31 heavy (non-hydrogen) atoms. The third-order valence-electron chi connectivity index (χ3n) is 5.49. The fraction of sp³-hybridized carbons (Fsp3) is 0.273. The van der Waals surface area contributed by atoms with Crippen molar-refractivity contribution in [3.63, 3.8) is 0 Å². The molecule has 9 nitrogen and oxygen atoms in total.